The Hall–Kier alpha value is -9.66. The zero-order chi connectivity index (χ0) is 61.0. The van der Waals surface area contributed by atoms with Crippen molar-refractivity contribution in [1.29, 1.82) is 0 Å². The Balaban J connectivity index is 0.822. The summed E-state index contributed by atoms with van der Waals surface area (Å²) in [7, 11) is 3.29. The van der Waals surface area contributed by atoms with E-state index in [-0.39, 0.29) is 59.2 Å². The number of likely N-dealkylation sites (tertiary alicyclic amines) is 2. The molecule has 0 saturated carbocycles. The molecule has 6 atom stereocenters. The van der Waals surface area contributed by atoms with Gasteiger partial charge in [0.1, 0.15) is 23.7 Å². The number of aromatic nitrogens is 2. The van der Waals surface area contributed by atoms with Gasteiger partial charge >= 0.3 is 0 Å². The molecule has 6 N–H and O–H groups in total. The summed E-state index contributed by atoms with van der Waals surface area (Å²) in [5, 5.41) is 17.4. The van der Waals surface area contributed by atoms with Crippen LogP contribution in [-0.4, -0.2) is 118 Å². The van der Waals surface area contributed by atoms with Crippen LogP contribution in [0.15, 0.2) is 158 Å². The lowest BCUT2D eigenvalue weighted by molar-refractivity contribution is -0.137. The first-order valence-corrected chi connectivity index (χ1v) is 28.4. The zero-order valence-electron chi connectivity index (χ0n) is 47.9. The van der Waals surface area contributed by atoms with E-state index in [1.807, 2.05) is 0 Å². The number of anilines is 2. The molecular weight excluding hydrogens is 1100 g/mol. The predicted octanol–water partition coefficient (Wildman–Crippen LogP) is 7.72. The minimum Gasteiger partial charge on any atom is -0.343 e. The molecule has 2 aliphatic heterocycles. The molecule has 4 heterocycles. The highest BCUT2D eigenvalue weighted by Crippen LogP contribution is 2.35. The van der Waals surface area contributed by atoms with E-state index >= 15 is 0 Å². The highest BCUT2D eigenvalue weighted by molar-refractivity contribution is 6.10. The highest BCUT2D eigenvalue weighted by atomic mass is 19.1. The second-order valence-electron chi connectivity index (χ2n) is 21.5. The molecule has 0 aliphatic carbocycles. The number of halogens is 2. The van der Waals surface area contributed by atoms with E-state index in [2.05, 4.69) is 41.9 Å². The van der Waals surface area contributed by atoms with Crippen LogP contribution in [-0.2, 0) is 32.0 Å². The van der Waals surface area contributed by atoms with Crippen molar-refractivity contribution in [1.82, 2.24) is 41.0 Å². The van der Waals surface area contributed by atoms with Gasteiger partial charge in [0, 0.05) is 95.5 Å². The molecule has 0 bridgehead atoms. The van der Waals surface area contributed by atoms with Gasteiger partial charge in [0.2, 0.25) is 23.6 Å². The molecule has 1 unspecified atom stereocenters. The SMILES string of the molecule is CN[C@@H](C)C(=O)N[C@@H](Cc1ccc(NC(=O)c2cccc(C(=O)Nc3ccc(C[C@H](NC(=O)[C@H](C)NC)C(=O)N4CCC[C@H]4c4cncc(C(=O)c5ccc(F)cc5)c4)cc3)c2)cc1)C(=O)N1CCCC1c1cncc(C(=O)c2ccc(F)cc2)c1. The summed E-state index contributed by atoms with van der Waals surface area (Å²) in [6.45, 7) is 4.19. The molecule has 7 aromatic rings. The molecule has 2 aliphatic rings. The number of hydrogen-bond donors (Lipinski definition) is 6. The van der Waals surface area contributed by atoms with Gasteiger partial charge in [-0.05, 0) is 179 Å². The van der Waals surface area contributed by atoms with Gasteiger partial charge in [0.25, 0.3) is 11.8 Å². The van der Waals surface area contributed by atoms with Gasteiger partial charge in [0.15, 0.2) is 11.6 Å². The van der Waals surface area contributed by atoms with E-state index in [4.69, 9.17) is 0 Å². The molecule has 0 radical (unpaired) electrons. The predicted molar refractivity (Wildman–Crippen MR) is 319 cm³/mol. The van der Waals surface area contributed by atoms with Gasteiger partial charge in [-0.15, -0.1) is 0 Å². The van der Waals surface area contributed by atoms with Crippen molar-refractivity contribution in [3.63, 3.8) is 0 Å². The number of carbonyl (C=O) groups is 8. The van der Waals surface area contributed by atoms with E-state index in [1.165, 1.54) is 67.0 Å². The van der Waals surface area contributed by atoms with Gasteiger partial charge in [-0.2, -0.15) is 0 Å². The summed E-state index contributed by atoms with van der Waals surface area (Å²) >= 11 is 0. The number of amides is 6. The number of carbonyl (C=O) groups excluding carboxylic acids is 8. The maximum Gasteiger partial charge on any atom is 0.255 e. The minimum absolute atomic E-state index is 0.122. The highest BCUT2D eigenvalue weighted by Gasteiger charge is 2.38. The second kappa shape index (κ2) is 27.8. The fourth-order valence-corrected chi connectivity index (χ4v) is 10.6. The quantitative estimate of drug-likeness (QED) is 0.0358. The number of rotatable bonds is 22. The lowest BCUT2D eigenvalue weighted by Gasteiger charge is -2.30. The maximum atomic E-state index is 14.5. The molecule has 18 nitrogen and oxygen atoms in total. The van der Waals surface area contributed by atoms with Crippen molar-refractivity contribution in [2.24, 2.45) is 0 Å². The van der Waals surface area contributed by atoms with Crippen molar-refractivity contribution in [3.05, 3.63) is 226 Å². The first-order chi connectivity index (χ1) is 41.5. The number of nitrogens with zero attached hydrogens (tertiary/aromatic N) is 4. The molecular formula is C66H66F2N10O8. The monoisotopic (exact) mass is 1160 g/mol. The zero-order valence-corrected chi connectivity index (χ0v) is 47.9. The van der Waals surface area contributed by atoms with Crippen molar-refractivity contribution in [2.75, 3.05) is 37.8 Å². The minimum atomic E-state index is -0.973. The first-order valence-electron chi connectivity index (χ1n) is 28.4. The van der Waals surface area contributed by atoms with Crippen LogP contribution in [0.3, 0.4) is 0 Å². The number of hydrogen-bond acceptors (Lipinski definition) is 12. The average molecular weight is 1170 g/mol. The van der Waals surface area contributed by atoms with Crippen LogP contribution in [0.1, 0.15) is 126 Å². The fourth-order valence-electron chi connectivity index (χ4n) is 10.6. The van der Waals surface area contributed by atoms with E-state index < -0.39 is 59.7 Å². The molecule has 9 rings (SSSR count). The third kappa shape index (κ3) is 14.8. The van der Waals surface area contributed by atoms with Crippen LogP contribution >= 0.6 is 0 Å². The van der Waals surface area contributed by atoms with E-state index in [0.29, 0.717) is 94.7 Å². The Morgan fingerprint density at radius 1 is 0.488 bits per heavy atom. The molecule has 86 heavy (non-hydrogen) atoms. The van der Waals surface area contributed by atoms with Gasteiger partial charge in [-0.1, -0.05) is 30.3 Å². The van der Waals surface area contributed by atoms with E-state index in [1.54, 1.807) is 129 Å². The molecule has 0 spiro atoms. The number of ketones is 2. The van der Waals surface area contributed by atoms with Crippen LogP contribution in [0.2, 0.25) is 0 Å². The van der Waals surface area contributed by atoms with E-state index in [9.17, 15) is 47.1 Å². The van der Waals surface area contributed by atoms with Gasteiger partial charge < -0.3 is 41.7 Å². The summed E-state index contributed by atoms with van der Waals surface area (Å²) in [5.74, 6) is -3.95. The Morgan fingerprint density at radius 3 is 1.24 bits per heavy atom. The summed E-state index contributed by atoms with van der Waals surface area (Å²) in [6, 6.07) is 29.8. The first kappa shape index (κ1) is 60.9. The second-order valence-corrected chi connectivity index (χ2v) is 21.5. The number of nitrogens with one attached hydrogen (secondary N) is 6. The topological polar surface area (TPSA) is 241 Å². The molecule has 20 heteroatoms. The van der Waals surface area contributed by atoms with Crippen molar-refractivity contribution >= 4 is 58.4 Å². The molecule has 2 saturated heterocycles. The van der Waals surface area contributed by atoms with Crippen LogP contribution in [0.25, 0.3) is 0 Å². The Morgan fingerprint density at radius 2 is 0.872 bits per heavy atom. The largest absolute Gasteiger partial charge is 0.343 e. The van der Waals surface area contributed by atoms with Crippen molar-refractivity contribution in [3.8, 4) is 0 Å². The maximum absolute atomic E-state index is 14.5. The van der Waals surface area contributed by atoms with Crippen LogP contribution in [0, 0.1) is 11.6 Å². The van der Waals surface area contributed by atoms with Gasteiger partial charge in [-0.25, -0.2) is 8.78 Å². The third-order valence-electron chi connectivity index (χ3n) is 15.7. The molecule has 5 aromatic carbocycles. The van der Waals surface area contributed by atoms with Gasteiger partial charge in [0.05, 0.1) is 24.2 Å². The van der Waals surface area contributed by atoms with E-state index in [0.717, 1.165) is 0 Å². The summed E-state index contributed by atoms with van der Waals surface area (Å²) in [4.78, 5) is 122. The van der Waals surface area contributed by atoms with Crippen molar-refractivity contribution in [2.45, 2.75) is 88.6 Å². The molecule has 2 aromatic heterocycles. The average Bonchev–Trinajstić information content (AvgIpc) is 3.79. The lowest BCUT2D eigenvalue weighted by atomic mass is 9.99. The normalized spacial score (nSPS) is 16.1. The number of likely N-dealkylation sites (N-methyl/N-ethyl adjacent to an activating group) is 2. The molecule has 6 amide bonds. The van der Waals surface area contributed by atoms with Crippen LogP contribution < -0.4 is 31.9 Å². The standard InChI is InChI=1S/C66H66F2N10O8/c1-39(69-3)61(81)75-55(65(85)77-28-6-10-57(77)47-33-49(37-71-35-47)59(79)43-16-20-51(67)21-17-43)30-41-12-24-53(25-13-41)73-63(83)45-8-5-9-46(32-45)64(84)74-54-26-14-42(15-27-54)31-56(76-62(82)40(2)70-4)66(86)78-29-7-11-58(78)48-34-50(38-72-36-48)60(80)44-18-22-52(68)23-19-44/h5,8-9,12-27,32-40,55-58,69-70H,6-7,10-11,28-31H2,1-4H3,(H,73,83)(H,74,84)(H,75,81)(H,76,82)/t39-,40-,55-,56-,57-,58?/m0/s1. The Bertz CT molecular complexity index is 3410. The van der Waals surface area contributed by atoms with Gasteiger partial charge in [-0.3, -0.25) is 48.3 Å². The number of pyridine rings is 2. The summed E-state index contributed by atoms with van der Waals surface area (Å²) in [6.07, 6.45) is 8.92. The third-order valence-corrected chi connectivity index (χ3v) is 15.7. The summed E-state index contributed by atoms with van der Waals surface area (Å²) in [5.41, 5.74) is 5.19. The summed E-state index contributed by atoms with van der Waals surface area (Å²) < 4.78 is 27.2. The molecule has 442 valence electrons. The number of benzene rings is 5. The van der Waals surface area contributed by atoms with Crippen molar-refractivity contribution < 1.29 is 47.1 Å². The smallest absolute Gasteiger partial charge is 0.255 e. The van der Waals surface area contributed by atoms with Crippen LogP contribution in [0.4, 0.5) is 20.2 Å². The lowest BCUT2D eigenvalue weighted by Crippen LogP contribution is -2.53. The van der Waals surface area contributed by atoms with Crippen LogP contribution in [0.5, 0.6) is 0 Å². The molecule has 2 fully saturated rings. The Labute approximate surface area is 496 Å². The fraction of sp³-hybridized carbons (Fsp3) is 0.273. The Kier molecular flexibility index (Phi) is 19.7.